The summed E-state index contributed by atoms with van der Waals surface area (Å²) in [6.45, 7) is 5.26. The van der Waals surface area contributed by atoms with E-state index in [9.17, 15) is 9.90 Å². The summed E-state index contributed by atoms with van der Waals surface area (Å²) in [5.41, 5.74) is 2.81. The molecule has 142 valence electrons. The van der Waals surface area contributed by atoms with Crippen molar-refractivity contribution in [2.24, 2.45) is 0 Å². The SMILES string of the molecule is C/C=C/c1ccc([C@@H]2[C@@H](CO)N[C@@H]2CN(CC)C(=O)c2ccccn2)cc1. The molecule has 0 radical (unpaired) electrons. The number of aromatic nitrogens is 1. The van der Waals surface area contributed by atoms with E-state index >= 15 is 0 Å². The number of carbonyl (C=O) groups is 1. The Morgan fingerprint density at radius 1 is 1.22 bits per heavy atom. The van der Waals surface area contributed by atoms with E-state index in [1.807, 2.05) is 30.9 Å². The van der Waals surface area contributed by atoms with Gasteiger partial charge in [-0.25, -0.2) is 0 Å². The number of nitrogens with one attached hydrogen (secondary N) is 1. The normalized spacial score (nSPS) is 21.8. The Labute approximate surface area is 160 Å². The molecule has 0 aliphatic carbocycles. The second-order valence-electron chi connectivity index (χ2n) is 6.81. The van der Waals surface area contributed by atoms with Crippen LogP contribution in [0.3, 0.4) is 0 Å². The van der Waals surface area contributed by atoms with Crippen molar-refractivity contribution in [2.45, 2.75) is 31.8 Å². The number of nitrogens with zero attached hydrogens (tertiary/aromatic N) is 2. The highest BCUT2D eigenvalue weighted by Gasteiger charge is 2.42. The zero-order chi connectivity index (χ0) is 19.2. The Bertz CT molecular complexity index is 774. The monoisotopic (exact) mass is 365 g/mol. The number of likely N-dealkylation sites (N-methyl/N-ethyl adjacent to an activating group) is 1. The molecule has 1 fully saturated rings. The molecule has 0 saturated carbocycles. The second-order valence-corrected chi connectivity index (χ2v) is 6.81. The quantitative estimate of drug-likeness (QED) is 0.792. The molecular formula is C22H27N3O2. The second kappa shape index (κ2) is 8.93. The lowest BCUT2D eigenvalue weighted by Gasteiger charge is -2.47. The van der Waals surface area contributed by atoms with Crippen LogP contribution in [0, 0.1) is 0 Å². The highest BCUT2D eigenvalue weighted by atomic mass is 16.3. The van der Waals surface area contributed by atoms with E-state index in [2.05, 4.69) is 40.6 Å². The van der Waals surface area contributed by atoms with E-state index in [-0.39, 0.29) is 30.5 Å². The zero-order valence-electron chi connectivity index (χ0n) is 15.9. The molecule has 2 aromatic rings. The van der Waals surface area contributed by atoms with Crippen LogP contribution in [0.2, 0.25) is 0 Å². The highest BCUT2D eigenvalue weighted by molar-refractivity contribution is 5.92. The van der Waals surface area contributed by atoms with Gasteiger partial charge in [-0.2, -0.15) is 0 Å². The third-order valence-electron chi connectivity index (χ3n) is 5.14. The summed E-state index contributed by atoms with van der Waals surface area (Å²) in [4.78, 5) is 18.7. The summed E-state index contributed by atoms with van der Waals surface area (Å²) in [6.07, 6.45) is 5.72. The summed E-state index contributed by atoms with van der Waals surface area (Å²) >= 11 is 0. The molecule has 1 aromatic heterocycles. The lowest BCUT2D eigenvalue weighted by atomic mass is 9.77. The predicted octanol–water partition coefficient (Wildman–Crippen LogP) is 2.69. The first-order chi connectivity index (χ1) is 13.2. The van der Waals surface area contributed by atoms with Gasteiger partial charge in [0, 0.05) is 37.3 Å². The van der Waals surface area contributed by atoms with E-state index in [0.717, 1.165) is 5.56 Å². The average molecular weight is 365 g/mol. The van der Waals surface area contributed by atoms with Crippen molar-refractivity contribution in [3.8, 4) is 0 Å². The fourth-order valence-corrected chi connectivity index (χ4v) is 3.71. The number of aliphatic hydroxyl groups is 1. The van der Waals surface area contributed by atoms with E-state index in [4.69, 9.17) is 0 Å². The molecule has 3 atom stereocenters. The molecule has 5 nitrogen and oxygen atoms in total. The summed E-state index contributed by atoms with van der Waals surface area (Å²) in [5, 5.41) is 13.1. The Hall–Kier alpha value is -2.50. The van der Waals surface area contributed by atoms with Gasteiger partial charge < -0.3 is 15.3 Å². The van der Waals surface area contributed by atoms with Crippen LogP contribution < -0.4 is 5.32 Å². The third kappa shape index (κ3) is 4.26. The number of amides is 1. The molecule has 5 heteroatoms. The topological polar surface area (TPSA) is 65.5 Å². The Balaban J connectivity index is 1.73. The van der Waals surface area contributed by atoms with Crippen molar-refractivity contribution in [1.82, 2.24) is 15.2 Å². The number of aliphatic hydroxyl groups excluding tert-OH is 1. The minimum atomic E-state index is -0.0606. The van der Waals surface area contributed by atoms with Gasteiger partial charge in [0.05, 0.1) is 6.61 Å². The number of benzene rings is 1. The lowest BCUT2D eigenvalue weighted by Crippen LogP contribution is -2.65. The molecule has 2 N–H and O–H groups in total. The van der Waals surface area contributed by atoms with Crippen molar-refractivity contribution in [3.05, 3.63) is 71.6 Å². The van der Waals surface area contributed by atoms with Gasteiger partial charge in [0.1, 0.15) is 5.69 Å². The van der Waals surface area contributed by atoms with Crippen LogP contribution in [0.25, 0.3) is 6.08 Å². The fourth-order valence-electron chi connectivity index (χ4n) is 3.71. The first kappa shape index (κ1) is 19.3. The van der Waals surface area contributed by atoms with E-state index in [1.54, 1.807) is 18.3 Å². The molecule has 0 bridgehead atoms. The number of pyridine rings is 1. The van der Waals surface area contributed by atoms with Gasteiger partial charge in [-0.1, -0.05) is 42.5 Å². The van der Waals surface area contributed by atoms with Crippen LogP contribution in [0.4, 0.5) is 0 Å². The van der Waals surface area contributed by atoms with Crippen molar-refractivity contribution >= 4 is 12.0 Å². The first-order valence-electron chi connectivity index (χ1n) is 9.47. The molecule has 3 rings (SSSR count). The van der Waals surface area contributed by atoms with Crippen LogP contribution in [-0.4, -0.2) is 52.7 Å². The molecule has 0 unspecified atom stereocenters. The van der Waals surface area contributed by atoms with E-state index in [0.29, 0.717) is 18.8 Å². The van der Waals surface area contributed by atoms with Gasteiger partial charge in [-0.3, -0.25) is 9.78 Å². The third-order valence-corrected chi connectivity index (χ3v) is 5.14. The molecule has 27 heavy (non-hydrogen) atoms. The van der Waals surface area contributed by atoms with Crippen LogP contribution >= 0.6 is 0 Å². The number of hydrogen-bond donors (Lipinski definition) is 2. The summed E-state index contributed by atoms with van der Waals surface area (Å²) in [5.74, 6) is 0.120. The van der Waals surface area contributed by atoms with Crippen LogP contribution in [0.15, 0.2) is 54.7 Å². The molecule has 1 aliphatic heterocycles. The van der Waals surface area contributed by atoms with Gasteiger partial charge in [0.15, 0.2) is 0 Å². The molecule has 1 aromatic carbocycles. The molecule has 0 spiro atoms. The van der Waals surface area contributed by atoms with E-state index in [1.165, 1.54) is 5.56 Å². The molecule has 1 aliphatic rings. The number of hydrogen-bond acceptors (Lipinski definition) is 4. The minimum absolute atomic E-state index is 0.0197. The molecule has 1 amide bonds. The van der Waals surface area contributed by atoms with Crippen molar-refractivity contribution in [2.75, 3.05) is 19.7 Å². The lowest BCUT2D eigenvalue weighted by molar-refractivity contribution is 0.0636. The first-order valence-corrected chi connectivity index (χ1v) is 9.47. The van der Waals surface area contributed by atoms with Crippen molar-refractivity contribution in [1.29, 1.82) is 0 Å². The predicted molar refractivity (Wildman–Crippen MR) is 108 cm³/mol. The summed E-state index contributed by atoms with van der Waals surface area (Å²) in [7, 11) is 0. The summed E-state index contributed by atoms with van der Waals surface area (Å²) in [6, 6.07) is 13.9. The van der Waals surface area contributed by atoms with Gasteiger partial charge in [-0.05, 0) is 37.1 Å². The molecule has 2 heterocycles. The van der Waals surface area contributed by atoms with Gasteiger partial charge in [0.2, 0.25) is 0 Å². The van der Waals surface area contributed by atoms with Gasteiger partial charge in [0.25, 0.3) is 5.91 Å². The van der Waals surface area contributed by atoms with Crippen LogP contribution in [0.1, 0.15) is 41.4 Å². The number of allylic oxidation sites excluding steroid dienone is 1. The number of rotatable bonds is 7. The molecule has 1 saturated heterocycles. The Morgan fingerprint density at radius 3 is 2.59 bits per heavy atom. The van der Waals surface area contributed by atoms with Crippen LogP contribution in [-0.2, 0) is 0 Å². The standard InChI is InChI=1S/C22H27N3O2/c1-3-7-16-9-11-17(12-10-16)21-19(24-20(21)15-26)14-25(4-2)22(27)18-8-5-6-13-23-18/h3,5-13,19-21,24,26H,4,14-15H2,1-2H3/b7-3+/t19-,20-,21+/m1/s1. The van der Waals surface area contributed by atoms with Gasteiger partial charge >= 0.3 is 0 Å². The van der Waals surface area contributed by atoms with Crippen molar-refractivity contribution < 1.29 is 9.90 Å². The largest absolute Gasteiger partial charge is 0.395 e. The Morgan fingerprint density at radius 2 is 2.00 bits per heavy atom. The zero-order valence-corrected chi connectivity index (χ0v) is 15.9. The fraction of sp³-hybridized carbons (Fsp3) is 0.364. The van der Waals surface area contributed by atoms with Crippen LogP contribution in [0.5, 0.6) is 0 Å². The van der Waals surface area contributed by atoms with E-state index < -0.39 is 0 Å². The average Bonchev–Trinajstić information content (AvgIpc) is 2.69. The van der Waals surface area contributed by atoms with Crippen molar-refractivity contribution in [3.63, 3.8) is 0 Å². The smallest absolute Gasteiger partial charge is 0.272 e. The summed E-state index contributed by atoms with van der Waals surface area (Å²) < 4.78 is 0. The van der Waals surface area contributed by atoms with Gasteiger partial charge in [-0.15, -0.1) is 0 Å². The maximum absolute atomic E-state index is 12.7. The maximum atomic E-state index is 12.7. The Kier molecular flexibility index (Phi) is 6.37. The minimum Gasteiger partial charge on any atom is -0.395 e. The highest BCUT2D eigenvalue weighted by Crippen LogP contribution is 2.33. The maximum Gasteiger partial charge on any atom is 0.272 e. The molecular weight excluding hydrogens is 338 g/mol. The number of carbonyl (C=O) groups excluding carboxylic acids is 1.